The van der Waals surface area contributed by atoms with E-state index in [0.717, 1.165) is 12.8 Å². The third-order valence-corrected chi connectivity index (χ3v) is 1.96. The molecule has 0 radical (unpaired) electrons. The van der Waals surface area contributed by atoms with Crippen LogP contribution in [0.3, 0.4) is 0 Å². The largest absolute Gasteiger partial charge is 0.375 e. The van der Waals surface area contributed by atoms with Gasteiger partial charge in [0.2, 0.25) is 11.8 Å². The molecule has 0 saturated heterocycles. The van der Waals surface area contributed by atoms with E-state index in [1.54, 1.807) is 0 Å². The highest BCUT2D eigenvalue weighted by molar-refractivity contribution is 5.79. The highest BCUT2D eigenvalue weighted by Gasteiger charge is 2.02. The third kappa shape index (κ3) is 11.1. The summed E-state index contributed by atoms with van der Waals surface area (Å²) in [5.41, 5.74) is 0. The van der Waals surface area contributed by atoms with Crippen molar-refractivity contribution in [1.29, 1.82) is 0 Å². The van der Waals surface area contributed by atoms with Crippen molar-refractivity contribution in [3.63, 3.8) is 0 Å². The monoisotopic (exact) mass is 247 g/mol. The number of hydrogen-bond donors (Lipinski definition) is 3. The minimum atomic E-state index is -0.222. The fraction of sp³-hybridized carbons (Fsp3) is 0.800. The third-order valence-electron chi connectivity index (χ3n) is 1.96. The molecule has 0 fully saturated rings. The van der Waals surface area contributed by atoms with Crippen molar-refractivity contribution in [2.75, 3.05) is 33.4 Å². The number of carbonyl (C=O) groups is 2. The summed E-state index contributed by atoms with van der Waals surface area (Å²) in [6.07, 6.45) is 1.89. The Morgan fingerprint density at radius 1 is 1.12 bits per heavy atom. The molecule has 0 aromatic rings. The molecule has 100 valence electrons. The van der Waals surface area contributed by atoms with Gasteiger partial charge in [-0.25, -0.2) is 5.90 Å². The topological polar surface area (TPSA) is 103 Å². The highest BCUT2D eigenvalue weighted by Crippen LogP contribution is 1.86. The van der Waals surface area contributed by atoms with Gasteiger partial charge in [0, 0.05) is 26.6 Å². The number of hydrogen-bond acceptors (Lipinski definition) is 5. The quantitative estimate of drug-likeness (QED) is 0.337. The molecule has 7 heteroatoms. The van der Waals surface area contributed by atoms with Crippen molar-refractivity contribution in [3.05, 3.63) is 0 Å². The van der Waals surface area contributed by atoms with E-state index in [1.807, 2.05) is 0 Å². The summed E-state index contributed by atoms with van der Waals surface area (Å²) in [5.74, 6) is 4.54. The van der Waals surface area contributed by atoms with Crippen molar-refractivity contribution in [2.45, 2.75) is 19.3 Å². The van der Waals surface area contributed by atoms with Crippen molar-refractivity contribution in [2.24, 2.45) is 5.90 Å². The number of unbranched alkanes of at least 4 members (excludes halogenated alkanes) is 1. The van der Waals surface area contributed by atoms with E-state index < -0.39 is 0 Å². The molecule has 0 saturated carbocycles. The predicted molar refractivity (Wildman–Crippen MR) is 61.9 cm³/mol. The van der Waals surface area contributed by atoms with Crippen LogP contribution < -0.4 is 16.5 Å². The van der Waals surface area contributed by atoms with Crippen LogP contribution in [-0.2, 0) is 19.2 Å². The molecular weight excluding hydrogens is 226 g/mol. The Morgan fingerprint density at radius 3 is 2.47 bits per heavy atom. The SMILES string of the molecule is COCC(=O)NCCC(=O)NCCCCON. The summed E-state index contributed by atoms with van der Waals surface area (Å²) in [4.78, 5) is 26.6. The number of rotatable bonds is 10. The number of amides is 2. The van der Waals surface area contributed by atoms with Crippen molar-refractivity contribution < 1.29 is 19.2 Å². The van der Waals surface area contributed by atoms with Gasteiger partial charge in [-0.2, -0.15) is 0 Å². The van der Waals surface area contributed by atoms with E-state index in [-0.39, 0.29) is 24.8 Å². The van der Waals surface area contributed by atoms with Crippen LogP contribution in [0.4, 0.5) is 0 Å². The molecule has 0 aliphatic heterocycles. The predicted octanol–water partition coefficient (Wildman–Crippen LogP) is -1.07. The Bertz CT molecular complexity index is 224. The Labute approximate surface area is 101 Å². The van der Waals surface area contributed by atoms with Gasteiger partial charge in [0.15, 0.2) is 0 Å². The summed E-state index contributed by atoms with van der Waals surface area (Å²) in [7, 11) is 1.44. The Balaban J connectivity index is 3.31. The van der Waals surface area contributed by atoms with Crippen LogP contribution in [0.5, 0.6) is 0 Å². The molecule has 0 heterocycles. The van der Waals surface area contributed by atoms with E-state index in [2.05, 4.69) is 20.2 Å². The van der Waals surface area contributed by atoms with Gasteiger partial charge in [-0.15, -0.1) is 0 Å². The van der Waals surface area contributed by atoms with E-state index in [1.165, 1.54) is 7.11 Å². The van der Waals surface area contributed by atoms with Crippen molar-refractivity contribution in [3.8, 4) is 0 Å². The first kappa shape index (κ1) is 15.8. The molecule has 0 rings (SSSR count). The normalized spacial score (nSPS) is 10.0. The number of ether oxygens (including phenoxy) is 1. The van der Waals surface area contributed by atoms with Gasteiger partial charge in [-0.3, -0.25) is 9.59 Å². The number of nitrogens with two attached hydrogens (primary N) is 1. The average Bonchev–Trinajstić information content (AvgIpc) is 2.29. The van der Waals surface area contributed by atoms with Crippen LogP contribution >= 0.6 is 0 Å². The van der Waals surface area contributed by atoms with Gasteiger partial charge in [0.05, 0.1) is 6.61 Å². The second kappa shape index (κ2) is 11.3. The molecule has 0 unspecified atom stereocenters. The molecule has 0 aliphatic carbocycles. The molecule has 4 N–H and O–H groups in total. The van der Waals surface area contributed by atoms with Crippen LogP contribution in [0.2, 0.25) is 0 Å². The zero-order valence-corrected chi connectivity index (χ0v) is 10.2. The minimum Gasteiger partial charge on any atom is -0.375 e. The fourth-order valence-corrected chi connectivity index (χ4v) is 1.12. The Hall–Kier alpha value is -1.18. The van der Waals surface area contributed by atoms with Crippen molar-refractivity contribution in [1.82, 2.24) is 10.6 Å². The Kier molecular flexibility index (Phi) is 10.5. The lowest BCUT2D eigenvalue weighted by Crippen LogP contribution is -2.32. The molecule has 0 bridgehead atoms. The zero-order chi connectivity index (χ0) is 12.9. The van der Waals surface area contributed by atoms with Crippen LogP contribution in [0.1, 0.15) is 19.3 Å². The zero-order valence-electron chi connectivity index (χ0n) is 10.2. The van der Waals surface area contributed by atoms with Crippen LogP contribution in [-0.4, -0.2) is 45.2 Å². The average molecular weight is 247 g/mol. The summed E-state index contributed by atoms with van der Waals surface area (Å²) in [6.45, 7) is 1.41. The lowest BCUT2D eigenvalue weighted by atomic mass is 10.3. The van der Waals surface area contributed by atoms with Crippen LogP contribution in [0, 0.1) is 0 Å². The first-order valence-corrected chi connectivity index (χ1v) is 5.54. The van der Waals surface area contributed by atoms with Gasteiger partial charge in [-0.05, 0) is 12.8 Å². The minimum absolute atomic E-state index is 0.0146. The van der Waals surface area contributed by atoms with Gasteiger partial charge >= 0.3 is 0 Å². The molecule has 17 heavy (non-hydrogen) atoms. The van der Waals surface area contributed by atoms with Crippen LogP contribution in [0.15, 0.2) is 0 Å². The smallest absolute Gasteiger partial charge is 0.245 e. The molecule has 0 atom stereocenters. The maximum absolute atomic E-state index is 11.3. The van der Waals surface area contributed by atoms with Gasteiger partial charge in [0.25, 0.3) is 0 Å². The first-order valence-electron chi connectivity index (χ1n) is 5.54. The molecule has 2 amide bonds. The molecule has 7 nitrogen and oxygen atoms in total. The molecule has 0 aliphatic rings. The summed E-state index contributed by atoms with van der Waals surface area (Å²) in [5, 5.41) is 5.29. The highest BCUT2D eigenvalue weighted by atomic mass is 16.6. The Morgan fingerprint density at radius 2 is 1.82 bits per heavy atom. The molecule has 0 aromatic heterocycles. The van der Waals surface area contributed by atoms with Gasteiger partial charge < -0.3 is 20.2 Å². The second-order valence-corrected chi connectivity index (χ2v) is 3.46. The van der Waals surface area contributed by atoms with Crippen molar-refractivity contribution >= 4 is 11.8 Å². The lowest BCUT2D eigenvalue weighted by molar-refractivity contribution is -0.125. The lowest BCUT2D eigenvalue weighted by Gasteiger charge is -2.06. The molecular formula is C10H21N3O4. The maximum Gasteiger partial charge on any atom is 0.245 e. The molecule has 0 spiro atoms. The summed E-state index contributed by atoms with van der Waals surface area (Å²) >= 11 is 0. The summed E-state index contributed by atoms with van der Waals surface area (Å²) in [6, 6.07) is 0. The van der Waals surface area contributed by atoms with Crippen LogP contribution in [0.25, 0.3) is 0 Å². The van der Waals surface area contributed by atoms with E-state index in [0.29, 0.717) is 19.7 Å². The van der Waals surface area contributed by atoms with Gasteiger partial charge in [0.1, 0.15) is 6.61 Å². The number of methoxy groups -OCH3 is 1. The van der Waals surface area contributed by atoms with E-state index in [9.17, 15) is 9.59 Å². The maximum atomic E-state index is 11.3. The summed E-state index contributed by atoms with van der Waals surface area (Å²) < 4.78 is 4.63. The first-order chi connectivity index (χ1) is 8.20. The van der Waals surface area contributed by atoms with E-state index >= 15 is 0 Å². The van der Waals surface area contributed by atoms with Gasteiger partial charge in [-0.1, -0.05) is 0 Å². The standard InChI is InChI=1S/C10H21N3O4/c1-16-8-10(15)13-6-4-9(14)12-5-2-3-7-17-11/h2-8,11H2,1H3,(H,12,14)(H,13,15). The number of nitrogens with one attached hydrogen (secondary N) is 2. The second-order valence-electron chi connectivity index (χ2n) is 3.46. The molecule has 0 aromatic carbocycles. The van der Waals surface area contributed by atoms with E-state index in [4.69, 9.17) is 5.90 Å². The fourth-order valence-electron chi connectivity index (χ4n) is 1.12. The number of carbonyl (C=O) groups excluding carboxylic acids is 2.